The molecule has 1 aliphatic rings. The quantitative estimate of drug-likeness (QED) is 0.766. The molecule has 0 aromatic carbocycles. The van der Waals surface area contributed by atoms with Gasteiger partial charge in [-0.2, -0.15) is 0 Å². The molecule has 5 heteroatoms. The number of aliphatic carboxylic acids is 1. The summed E-state index contributed by atoms with van der Waals surface area (Å²) in [6.45, 7) is 9.11. The lowest BCUT2D eigenvalue weighted by molar-refractivity contribution is -0.142. The van der Waals surface area contributed by atoms with Gasteiger partial charge in [0.05, 0.1) is 0 Å². The first-order valence-electron chi connectivity index (χ1n) is 5.87. The molecule has 17 heavy (non-hydrogen) atoms. The van der Waals surface area contributed by atoms with Crippen molar-refractivity contribution in [3.63, 3.8) is 0 Å². The summed E-state index contributed by atoms with van der Waals surface area (Å²) in [5, 5.41) is 9.12. The van der Waals surface area contributed by atoms with E-state index in [1.165, 1.54) is 4.90 Å². The zero-order valence-corrected chi connectivity index (χ0v) is 11.1. The molecular weight excluding hydrogens is 222 g/mol. The Hall–Kier alpha value is -1.26. The van der Waals surface area contributed by atoms with Gasteiger partial charge in [-0.05, 0) is 40.0 Å². The molecule has 1 N–H and O–H groups in total. The first kappa shape index (κ1) is 13.8. The van der Waals surface area contributed by atoms with Gasteiger partial charge in [0.2, 0.25) is 0 Å². The van der Waals surface area contributed by atoms with Crippen LogP contribution < -0.4 is 0 Å². The summed E-state index contributed by atoms with van der Waals surface area (Å²) in [7, 11) is 0. The van der Waals surface area contributed by atoms with Crippen molar-refractivity contribution in [3.05, 3.63) is 0 Å². The number of ether oxygens (including phenoxy) is 1. The number of rotatable bonds is 1. The smallest absolute Gasteiger partial charge is 0.411 e. The van der Waals surface area contributed by atoms with Crippen molar-refractivity contribution in [1.29, 1.82) is 0 Å². The van der Waals surface area contributed by atoms with Crippen molar-refractivity contribution in [2.75, 3.05) is 0 Å². The number of likely N-dealkylation sites (tertiary alicyclic amines) is 1. The van der Waals surface area contributed by atoms with Gasteiger partial charge < -0.3 is 9.84 Å². The molecule has 1 fully saturated rings. The number of amides is 1. The monoisotopic (exact) mass is 243 g/mol. The highest BCUT2D eigenvalue weighted by molar-refractivity contribution is 5.81. The molecule has 0 radical (unpaired) electrons. The predicted octanol–water partition coefficient (Wildman–Crippen LogP) is 2.10. The summed E-state index contributed by atoms with van der Waals surface area (Å²) in [5.41, 5.74) is -0.605. The first-order chi connectivity index (χ1) is 7.63. The van der Waals surface area contributed by atoms with Crippen molar-refractivity contribution in [1.82, 2.24) is 4.90 Å². The largest absolute Gasteiger partial charge is 0.480 e. The maximum absolute atomic E-state index is 12.0. The molecule has 0 saturated carbocycles. The standard InChI is InChI=1S/C12H21NO4/c1-7-6-9(10(14)15)13(8(7)2)11(16)17-12(3,4)5/h7-9H,6H2,1-5H3,(H,14,15)/t7-,8+,9+/m1/s1. The Morgan fingerprint density at radius 1 is 1.29 bits per heavy atom. The second-order valence-electron chi connectivity index (χ2n) is 5.70. The fourth-order valence-electron chi connectivity index (χ4n) is 2.05. The van der Waals surface area contributed by atoms with Gasteiger partial charge in [-0.3, -0.25) is 4.90 Å². The van der Waals surface area contributed by atoms with Crippen LogP contribution in [0.25, 0.3) is 0 Å². The number of hydrogen-bond acceptors (Lipinski definition) is 3. The van der Waals surface area contributed by atoms with Crippen LogP contribution in [0.15, 0.2) is 0 Å². The van der Waals surface area contributed by atoms with E-state index in [1.807, 2.05) is 13.8 Å². The van der Waals surface area contributed by atoms with Crippen LogP contribution >= 0.6 is 0 Å². The van der Waals surface area contributed by atoms with Crippen LogP contribution in [-0.2, 0) is 9.53 Å². The minimum Gasteiger partial charge on any atom is -0.480 e. The fraction of sp³-hybridized carbons (Fsp3) is 0.833. The molecule has 0 aliphatic carbocycles. The average molecular weight is 243 g/mol. The topological polar surface area (TPSA) is 66.8 Å². The van der Waals surface area contributed by atoms with Gasteiger partial charge in [0.1, 0.15) is 11.6 Å². The maximum Gasteiger partial charge on any atom is 0.411 e. The number of nitrogens with zero attached hydrogens (tertiary/aromatic N) is 1. The molecule has 1 heterocycles. The highest BCUT2D eigenvalue weighted by Gasteiger charge is 2.44. The van der Waals surface area contributed by atoms with Crippen LogP contribution in [0.2, 0.25) is 0 Å². The zero-order chi connectivity index (χ0) is 13.4. The minimum absolute atomic E-state index is 0.106. The number of hydrogen-bond donors (Lipinski definition) is 1. The molecule has 0 aromatic rings. The van der Waals surface area contributed by atoms with Gasteiger partial charge in [-0.1, -0.05) is 6.92 Å². The third-order valence-electron chi connectivity index (χ3n) is 3.08. The number of carbonyl (C=O) groups is 2. The molecule has 0 aromatic heterocycles. The number of carboxylic acid groups (broad SMARTS) is 1. The van der Waals surface area contributed by atoms with E-state index in [4.69, 9.17) is 9.84 Å². The van der Waals surface area contributed by atoms with E-state index >= 15 is 0 Å². The third-order valence-corrected chi connectivity index (χ3v) is 3.08. The highest BCUT2D eigenvalue weighted by Crippen LogP contribution is 2.31. The predicted molar refractivity (Wildman–Crippen MR) is 62.7 cm³/mol. The van der Waals surface area contributed by atoms with E-state index in [0.717, 1.165) is 0 Å². The molecule has 98 valence electrons. The van der Waals surface area contributed by atoms with Crippen LogP contribution in [0, 0.1) is 5.92 Å². The molecule has 1 amide bonds. The van der Waals surface area contributed by atoms with Crippen LogP contribution in [0.5, 0.6) is 0 Å². The van der Waals surface area contributed by atoms with Gasteiger partial charge in [-0.15, -0.1) is 0 Å². The Kier molecular flexibility index (Phi) is 3.69. The van der Waals surface area contributed by atoms with Gasteiger partial charge in [0, 0.05) is 6.04 Å². The highest BCUT2D eigenvalue weighted by atomic mass is 16.6. The zero-order valence-electron chi connectivity index (χ0n) is 11.1. The number of carbonyl (C=O) groups excluding carboxylic acids is 1. The lowest BCUT2D eigenvalue weighted by Crippen LogP contribution is -2.46. The summed E-state index contributed by atoms with van der Waals surface area (Å²) >= 11 is 0. The molecule has 3 atom stereocenters. The van der Waals surface area contributed by atoms with Crippen LogP contribution in [0.4, 0.5) is 4.79 Å². The summed E-state index contributed by atoms with van der Waals surface area (Å²) < 4.78 is 5.24. The Bertz CT molecular complexity index is 321. The second-order valence-corrected chi connectivity index (χ2v) is 5.70. The minimum atomic E-state index is -0.966. The molecule has 0 spiro atoms. The fourth-order valence-corrected chi connectivity index (χ4v) is 2.05. The Morgan fingerprint density at radius 2 is 1.82 bits per heavy atom. The van der Waals surface area contributed by atoms with Crippen molar-refractivity contribution >= 4 is 12.1 Å². The van der Waals surface area contributed by atoms with E-state index < -0.39 is 23.7 Å². The lowest BCUT2D eigenvalue weighted by atomic mass is 10.0. The maximum atomic E-state index is 12.0. The van der Waals surface area contributed by atoms with E-state index in [2.05, 4.69) is 0 Å². The molecule has 1 rings (SSSR count). The van der Waals surface area contributed by atoms with Crippen molar-refractivity contribution in [3.8, 4) is 0 Å². The number of carboxylic acids is 1. The van der Waals surface area contributed by atoms with Crippen molar-refractivity contribution < 1.29 is 19.4 Å². The first-order valence-corrected chi connectivity index (χ1v) is 5.87. The molecular formula is C12H21NO4. The summed E-state index contributed by atoms with van der Waals surface area (Å²) in [6.07, 6.45) is -0.0582. The van der Waals surface area contributed by atoms with Crippen LogP contribution in [0.1, 0.15) is 41.0 Å². The van der Waals surface area contributed by atoms with Gasteiger partial charge in [0.25, 0.3) is 0 Å². The van der Waals surface area contributed by atoms with Gasteiger partial charge in [0.15, 0.2) is 0 Å². The molecule has 1 saturated heterocycles. The Labute approximate surface area is 102 Å². The Balaban J connectivity index is 2.85. The second kappa shape index (κ2) is 4.55. The molecule has 5 nitrogen and oxygen atoms in total. The SMILES string of the molecule is C[C@@H]1C[C@@H](C(=O)O)N(C(=O)OC(C)(C)C)[C@H]1C. The van der Waals surface area contributed by atoms with Gasteiger partial charge >= 0.3 is 12.1 Å². The lowest BCUT2D eigenvalue weighted by Gasteiger charge is -2.30. The van der Waals surface area contributed by atoms with Crippen LogP contribution in [0.3, 0.4) is 0 Å². The summed E-state index contributed by atoms with van der Waals surface area (Å²) in [5.74, 6) is -0.796. The van der Waals surface area contributed by atoms with E-state index in [1.54, 1.807) is 20.8 Å². The van der Waals surface area contributed by atoms with Crippen LogP contribution in [-0.4, -0.2) is 39.8 Å². The van der Waals surface area contributed by atoms with E-state index in [9.17, 15) is 9.59 Å². The summed E-state index contributed by atoms with van der Waals surface area (Å²) in [6, 6.07) is -0.874. The normalized spacial score (nSPS) is 29.2. The average Bonchev–Trinajstić information content (AvgIpc) is 2.40. The summed E-state index contributed by atoms with van der Waals surface area (Å²) in [4.78, 5) is 24.4. The third kappa shape index (κ3) is 3.11. The van der Waals surface area contributed by atoms with E-state index in [0.29, 0.717) is 6.42 Å². The Morgan fingerprint density at radius 3 is 2.24 bits per heavy atom. The molecule has 0 unspecified atom stereocenters. The van der Waals surface area contributed by atoms with E-state index in [-0.39, 0.29) is 12.0 Å². The van der Waals surface area contributed by atoms with Gasteiger partial charge in [-0.25, -0.2) is 9.59 Å². The molecule has 1 aliphatic heterocycles. The van der Waals surface area contributed by atoms with Crippen molar-refractivity contribution in [2.24, 2.45) is 5.92 Å². The molecule has 0 bridgehead atoms. The van der Waals surface area contributed by atoms with Crippen molar-refractivity contribution in [2.45, 2.75) is 58.7 Å².